The van der Waals surface area contributed by atoms with Crippen molar-refractivity contribution in [1.29, 1.82) is 0 Å². The summed E-state index contributed by atoms with van der Waals surface area (Å²) in [5.74, 6) is 1.12. The van der Waals surface area contributed by atoms with Crippen molar-refractivity contribution in [3.8, 4) is 11.5 Å². The standard InChI is InChI=1S/C29H30O7/c1-20(30)36-27-26-17-34-28(27,18-33-26)19-35-29(21-7-5-4-6-8-21,22-9-13-24(31-2)14-10-22)23-11-15-25(32-3)16-12-23/h4-16,26-27H,17-19H2,1-3H3/t26-,27?,28-/m1/s1. The molecule has 0 amide bonds. The number of esters is 1. The van der Waals surface area contributed by atoms with Gasteiger partial charge in [-0.25, -0.2) is 0 Å². The van der Waals surface area contributed by atoms with E-state index < -0.39 is 17.3 Å². The molecule has 2 bridgehead atoms. The van der Waals surface area contributed by atoms with E-state index in [1.54, 1.807) is 14.2 Å². The minimum Gasteiger partial charge on any atom is -0.497 e. The molecule has 3 aromatic carbocycles. The van der Waals surface area contributed by atoms with Crippen LogP contribution in [0.1, 0.15) is 23.6 Å². The minimum absolute atomic E-state index is 0.147. The zero-order valence-electron chi connectivity index (χ0n) is 20.6. The summed E-state index contributed by atoms with van der Waals surface area (Å²) in [5.41, 5.74) is 0.866. The SMILES string of the molecule is COc1ccc(C(OC[C@@]23CO[C@H](CO2)C3OC(C)=O)(c2ccccc2)c2ccc(OC)cc2)cc1. The second-order valence-corrected chi connectivity index (χ2v) is 9.05. The van der Waals surface area contributed by atoms with Crippen LogP contribution in [0.2, 0.25) is 0 Å². The fourth-order valence-electron chi connectivity index (χ4n) is 5.10. The zero-order valence-corrected chi connectivity index (χ0v) is 20.6. The van der Waals surface area contributed by atoms with E-state index in [1.807, 2.05) is 78.9 Å². The van der Waals surface area contributed by atoms with Crippen LogP contribution in [-0.2, 0) is 29.3 Å². The number of ether oxygens (including phenoxy) is 6. The van der Waals surface area contributed by atoms with Crippen LogP contribution in [0, 0.1) is 0 Å². The van der Waals surface area contributed by atoms with Crippen molar-refractivity contribution < 1.29 is 33.2 Å². The van der Waals surface area contributed by atoms with Crippen LogP contribution in [-0.4, -0.2) is 57.8 Å². The summed E-state index contributed by atoms with van der Waals surface area (Å²) in [7, 11) is 3.28. The van der Waals surface area contributed by atoms with E-state index in [9.17, 15) is 4.79 Å². The average Bonchev–Trinajstić information content (AvgIpc) is 3.43. The number of hydrogen-bond donors (Lipinski definition) is 0. The van der Waals surface area contributed by atoms with Crippen molar-refractivity contribution in [3.63, 3.8) is 0 Å². The molecule has 2 aliphatic rings. The molecule has 7 heteroatoms. The summed E-state index contributed by atoms with van der Waals surface area (Å²) in [5, 5.41) is 0. The van der Waals surface area contributed by atoms with Gasteiger partial charge in [0.15, 0.2) is 11.7 Å². The van der Waals surface area contributed by atoms with E-state index in [0.29, 0.717) is 6.61 Å². The molecule has 7 nitrogen and oxygen atoms in total. The molecule has 0 spiro atoms. The monoisotopic (exact) mass is 490 g/mol. The fourth-order valence-corrected chi connectivity index (χ4v) is 5.10. The van der Waals surface area contributed by atoms with E-state index in [2.05, 4.69) is 0 Å². The first-order chi connectivity index (χ1) is 17.5. The first kappa shape index (κ1) is 24.3. The van der Waals surface area contributed by atoms with Gasteiger partial charge in [-0.3, -0.25) is 4.79 Å². The van der Waals surface area contributed by atoms with Gasteiger partial charge in [-0.15, -0.1) is 0 Å². The van der Waals surface area contributed by atoms with Crippen molar-refractivity contribution in [1.82, 2.24) is 0 Å². The molecule has 188 valence electrons. The Labute approximate surface area is 210 Å². The molecule has 1 unspecified atom stereocenters. The van der Waals surface area contributed by atoms with Gasteiger partial charge in [-0.2, -0.15) is 0 Å². The second kappa shape index (κ2) is 9.93. The Morgan fingerprint density at radius 1 is 0.889 bits per heavy atom. The molecule has 0 aliphatic carbocycles. The molecule has 36 heavy (non-hydrogen) atoms. The smallest absolute Gasteiger partial charge is 0.303 e. The highest BCUT2D eigenvalue weighted by molar-refractivity contribution is 5.66. The molecule has 5 rings (SSSR count). The van der Waals surface area contributed by atoms with E-state index in [1.165, 1.54) is 6.92 Å². The summed E-state index contributed by atoms with van der Waals surface area (Å²) in [6.45, 7) is 2.18. The number of fused-ring (bicyclic) bond motifs is 2. The molecule has 2 heterocycles. The Morgan fingerprint density at radius 3 is 1.92 bits per heavy atom. The molecule has 2 fully saturated rings. The summed E-state index contributed by atoms with van der Waals surface area (Å²) < 4.78 is 35.5. The van der Waals surface area contributed by atoms with Crippen LogP contribution in [0.15, 0.2) is 78.9 Å². The van der Waals surface area contributed by atoms with Gasteiger partial charge >= 0.3 is 5.97 Å². The van der Waals surface area contributed by atoms with Gasteiger partial charge in [-0.05, 0) is 41.0 Å². The summed E-state index contributed by atoms with van der Waals surface area (Å²) in [6.07, 6.45) is -0.833. The van der Waals surface area contributed by atoms with Crippen molar-refractivity contribution in [3.05, 3.63) is 95.6 Å². The number of methoxy groups -OCH3 is 2. The third-order valence-corrected chi connectivity index (χ3v) is 6.93. The summed E-state index contributed by atoms with van der Waals surface area (Å²) >= 11 is 0. The fraction of sp³-hybridized carbons (Fsp3) is 0.345. The van der Waals surface area contributed by atoms with Crippen LogP contribution < -0.4 is 9.47 Å². The lowest BCUT2D eigenvalue weighted by Gasteiger charge is -2.39. The average molecular weight is 491 g/mol. The maximum atomic E-state index is 11.8. The van der Waals surface area contributed by atoms with Crippen molar-refractivity contribution in [2.24, 2.45) is 0 Å². The Hall–Kier alpha value is -3.39. The van der Waals surface area contributed by atoms with Crippen LogP contribution in [0.4, 0.5) is 0 Å². The molecule has 0 radical (unpaired) electrons. The zero-order chi connectivity index (χ0) is 25.2. The van der Waals surface area contributed by atoms with Gasteiger partial charge < -0.3 is 28.4 Å². The lowest BCUT2D eigenvalue weighted by Crippen LogP contribution is -2.49. The van der Waals surface area contributed by atoms with Crippen LogP contribution in [0.5, 0.6) is 11.5 Å². The number of carbonyl (C=O) groups excluding carboxylic acids is 1. The van der Waals surface area contributed by atoms with Gasteiger partial charge in [0.25, 0.3) is 0 Å². The Morgan fingerprint density at radius 2 is 1.44 bits per heavy atom. The summed E-state index contributed by atoms with van der Waals surface area (Å²) in [6, 6.07) is 25.7. The van der Waals surface area contributed by atoms with E-state index in [0.717, 1.165) is 28.2 Å². The van der Waals surface area contributed by atoms with E-state index in [-0.39, 0.29) is 25.3 Å². The van der Waals surface area contributed by atoms with Crippen LogP contribution in [0.25, 0.3) is 0 Å². The molecular formula is C29H30O7. The molecule has 3 atom stereocenters. The quantitative estimate of drug-likeness (QED) is 0.330. The van der Waals surface area contributed by atoms with Crippen molar-refractivity contribution in [2.45, 2.75) is 30.3 Å². The highest BCUT2D eigenvalue weighted by atomic mass is 16.7. The maximum Gasteiger partial charge on any atom is 0.303 e. The molecule has 0 saturated carbocycles. The predicted molar refractivity (Wildman–Crippen MR) is 132 cm³/mol. The Balaban J connectivity index is 1.62. The van der Waals surface area contributed by atoms with Gasteiger partial charge in [0.2, 0.25) is 0 Å². The Bertz CT molecular complexity index is 1120. The molecule has 3 aromatic rings. The van der Waals surface area contributed by atoms with Crippen molar-refractivity contribution >= 4 is 5.97 Å². The predicted octanol–water partition coefficient (Wildman–Crippen LogP) is 4.11. The number of benzene rings is 3. The normalized spacial score (nSPS) is 22.9. The molecule has 0 aromatic heterocycles. The first-order valence-corrected chi connectivity index (χ1v) is 11.9. The van der Waals surface area contributed by atoms with E-state index >= 15 is 0 Å². The molecule has 2 aliphatic heterocycles. The highest BCUT2D eigenvalue weighted by Crippen LogP contribution is 2.45. The van der Waals surface area contributed by atoms with Crippen molar-refractivity contribution in [2.75, 3.05) is 34.0 Å². The van der Waals surface area contributed by atoms with Gasteiger partial charge in [0.1, 0.15) is 23.2 Å². The van der Waals surface area contributed by atoms with E-state index in [4.69, 9.17) is 28.4 Å². The molecular weight excluding hydrogens is 460 g/mol. The highest BCUT2D eigenvalue weighted by Gasteiger charge is 2.60. The lowest BCUT2D eigenvalue weighted by molar-refractivity contribution is -0.169. The van der Waals surface area contributed by atoms with Gasteiger partial charge in [-0.1, -0.05) is 54.6 Å². The topological polar surface area (TPSA) is 72.5 Å². The molecule has 2 saturated heterocycles. The van der Waals surface area contributed by atoms with Gasteiger partial charge in [0, 0.05) is 6.92 Å². The second-order valence-electron chi connectivity index (χ2n) is 9.05. The lowest BCUT2D eigenvalue weighted by atomic mass is 9.79. The number of rotatable bonds is 9. The first-order valence-electron chi connectivity index (χ1n) is 11.9. The number of hydrogen-bond acceptors (Lipinski definition) is 7. The third kappa shape index (κ3) is 4.23. The van der Waals surface area contributed by atoms with Crippen LogP contribution in [0.3, 0.4) is 0 Å². The molecule has 0 N–H and O–H groups in total. The summed E-state index contributed by atoms with van der Waals surface area (Å²) in [4.78, 5) is 11.8. The van der Waals surface area contributed by atoms with Gasteiger partial charge in [0.05, 0.1) is 34.0 Å². The largest absolute Gasteiger partial charge is 0.497 e. The van der Waals surface area contributed by atoms with Crippen LogP contribution >= 0.6 is 0 Å². The third-order valence-electron chi connectivity index (χ3n) is 6.93. The number of carbonyl (C=O) groups is 1. The minimum atomic E-state index is -1.00. The Kier molecular flexibility index (Phi) is 6.71. The maximum absolute atomic E-state index is 11.8.